The Morgan fingerprint density at radius 1 is 1.22 bits per heavy atom. The van der Waals surface area contributed by atoms with Crippen LogP contribution in [0, 0.1) is 5.92 Å². The summed E-state index contributed by atoms with van der Waals surface area (Å²) >= 11 is 0. The van der Waals surface area contributed by atoms with E-state index in [1.54, 1.807) is 0 Å². The highest BCUT2D eigenvalue weighted by molar-refractivity contribution is 5.72. The second-order valence-corrected chi connectivity index (χ2v) is 5.72. The van der Waals surface area contributed by atoms with Crippen molar-refractivity contribution in [3.63, 3.8) is 0 Å². The highest BCUT2D eigenvalue weighted by Crippen LogP contribution is 2.26. The Bertz CT molecular complexity index is 275. The van der Waals surface area contributed by atoms with Gasteiger partial charge in [-0.05, 0) is 52.6 Å². The van der Waals surface area contributed by atoms with Gasteiger partial charge >= 0.3 is 5.97 Å². The van der Waals surface area contributed by atoms with Crippen LogP contribution in [0.5, 0.6) is 0 Å². The van der Waals surface area contributed by atoms with Gasteiger partial charge in [0.15, 0.2) is 0 Å². The quantitative estimate of drug-likeness (QED) is 0.770. The number of carbonyl (C=O) groups excluding carboxylic acids is 1. The molecule has 0 bridgehead atoms. The molecule has 1 saturated heterocycles. The average molecular weight is 254 g/mol. The number of esters is 1. The van der Waals surface area contributed by atoms with Crippen molar-refractivity contribution in [3.05, 3.63) is 0 Å². The Morgan fingerprint density at radius 3 is 2.50 bits per heavy atom. The molecule has 1 unspecified atom stereocenters. The molecule has 0 amide bonds. The molecule has 0 spiro atoms. The largest absolute Gasteiger partial charge is 0.466 e. The van der Waals surface area contributed by atoms with Crippen LogP contribution in [0.3, 0.4) is 0 Å². The molecular weight excluding hydrogens is 228 g/mol. The first-order chi connectivity index (χ1) is 8.69. The Labute approximate surface area is 110 Å². The first-order valence-electron chi connectivity index (χ1n) is 7.30. The van der Waals surface area contributed by atoms with E-state index in [1.807, 2.05) is 6.92 Å². The second-order valence-electron chi connectivity index (χ2n) is 5.72. The number of rotatable bonds is 4. The number of hydrogen-bond acceptors (Lipinski definition) is 4. The molecule has 2 aliphatic rings. The van der Waals surface area contributed by atoms with Crippen LogP contribution in [0.4, 0.5) is 0 Å². The lowest BCUT2D eigenvalue weighted by Crippen LogP contribution is -2.42. The first kappa shape index (κ1) is 13.8. The molecular formula is C14H26N2O2. The summed E-state index contributed by atoms with van der Waals surface area (Å²) < 4.78 is 5.10. The van der Waals surface area contributed by atoms with Crippen molar-refractivity contribution >= 4 is 5.97 Å². The van der Waals surface area contributed by atoms with E-state index < -0.39 is 0 Å². The third-order valence-corrected chi connectivity index (χ3v) is 4.21. The molecule has 0 aromatic carbocycles. The standard InChI is InChI=1S/C14H26N2O2/c1-3-18-14(17)11-4-6-12(7-5-11)15-13-8-9-16(2)10-13/h11-13,15H,3-10H2,1-2H3. The van der Waals surface area contributed by atoms with Crippen LogP contribution in [0.15, 0.2) is 0 Å². The fourth-order valence-corrected chi connectivity index (χ4v) is 3.16. The predicted octanol–water partition coefficient (Wildman–Crippen LogP) is 1.40. The van der Waals surface area contributed by atoms with Crippen LogP contribution < -0.4 is 5.32 Å². The van der Waals surface area contributed by atoms with Crippen molar-refractivity contribution in [1.82, 2.24) is 10.2 Å². The topological polar surface area (TPSA) is 41.6 Å². The van der Waals surface area contributed by atoms with Crippen molar-refractivity contribution < 1.29 is 9.53 Å². The van der Waals surface area contributed by atoms with Crippen molar-refractivity contribution in [2.45, 2.75) is 51.1 Å². The highest BCUT2D eigenvalue weighted by atomic mass is 16.5. The van der Waals surface area contributed by atoms with Gasteiger partial charge in [0.1, 0.15) is 0 Å². The molecule has 2 fully saturated rings. The maximum atomic E-state index is 11.6. The van der Waals surface area contributed by atoms with Gasteiger partial charge in [0.2, 0.25) is 0 Å². The summed E-state index contributed by atoms with van der Waals surface area (Å²) in [6.45, 7) is 4.75. The number of nitrogens with zero attached hydrogens (tertiary/aromatic N) is 1. The molecule has 4 nitrogen and oxygen atoms in total. The SMILES string of the molecule is CCOC(=O)C1CCC(NC2CCN(C)C2)CC1. The second kappa shape index (κ2) is 6.53. The number of likely N-dealkylation sites (tertiary alicyclic amines) is 1. The molecule has 18 heavy (non-hydrogen) atoms. The zero-order valence-corrected chi connectivity index (χ0v) is 11.7. The minimum absolute atomic E-state index is 0.0107. The molecule has 1 heterocycles. The third kappa shape index (κ3) is 3.69. The van der Waals surface area contributed by atoms with Gasteiger partial charge < -0.3 is 15.0 Å². The van der Waals surface area contributed by atoms with Gasteiger partial charge in [-0.2, -0.15) is 0 Å². The number of carbonyl (C=O) groups is 1. The Hall–Kier alpha value is -0.610. The molecule has 1 aliphatic heterocycles. The van der Waals surface area contributed by atoms with Gasteiger partial charge in [-0.1, -0.05) is 0 Å². The van der Waals surface area contributed by atoms with Gasteiger partial charge in [-0.25, -0.2) is 0 Å². The minimum atomic E-state index is 0.0107. The van der Waals surface area contributed by atoms with E-state index in [4.69, 9.17) is 4.74 Å². The molecule has 4 heteroatoms. The third-order valence-electron chi connectivity index (χ3n) is 4.21. The minimum Gasteiger partial charge on any atom is -0.466 e. The molecule has 0 radical (unpaired) electrons. The molecule has 1 N–H and O–H groups in total. The van der Waals surface area contributed by atoms with Crippen molar-refractivity contribution in [1.29, 1.82) is 0 Å². The lowest BCUT2D eigenvalue weighted by molar-refractivity contribution is -0.149. The maximum Gasteiger partial charge on any atom is 0.308 e. The van der Waals surface area contributed by atoms with E-state index in [0.29, 0.717) is 18.7 Å². The summed E-state index contributed by atoms with van der Waals surface area (Å²) in [6.07, 6.45) is 5.46. The number of hydrogen-bond donors (Lipinski definition) is 1. The van der Waals surface area contributed by atoms with Gasteiger partial charge in [-0.3, -0.25) is 4.79 Å². The van der Waals surface area contributed by atoms with Crippen molar-refractivity contribution in [2.75, 3.05) is 26.7 Å². The number of nitrogens with one attached hydrogen (secondary N) is 1. The van der Waals surface area contributed by atoms with Gasteiger partial charge in [0.05, 0.1) is 12.5 Å². The van der Waals surface area contributed by atoms with E-state index in [2.05, 4.69) is 17.3 Å². The lowest BCUT2D eigenvalue weighted by atomic mass is 9.85. The molecule has 1 atom stereocenters. The van der Waals surface area contributed by atoms with Crippen LogP contribution in [-0.4, -0.2) is 49.7 Å². The molecule has 2 rings (SSSR count). The van der Waals surface area contributed by atoms with Crippen LogP contribution >= 0.6 is 0 Å². The lowest BCUT2D eigenvalue weighted by Gasteiger charge is -2.30. The van der Waals surface area contributed by atoms with Gasteiger partial charge in [0, 0.05) is 18.6 Å². The van der Waals surface area contributed by atoms with E-state index in [1.165, 1.54) is 13.0 Å². The summed E-state index contributed by atoms with van der Waals surface area (Å²) in [5.41, 5.74) is 0. The number of ether oxygens (including phenoxy) is 1. The predicted molar refractivity (Wildman–Crippen MR) is 71.4 cm³/mol. The summed E-state index contributed by atoms with van der Waals surface area (Å²) in [4.78, 5) is 14.0. The fraction of sp³-hybridized carbons (Fsp3) is 0.929. The zero-order chi connectivity index (χ0) is 13.0. The molecule has 0 aromatic heterocycles. The molecule has 1 saturated carbocycles. The number of likely N-dealkylation sites (N-methyl/N-ethyl adjacent to an activating group) is 1. The van der Waals surface area contributed by atoms with Crippen LogP contribution in [0.25, 0.3) is 0 Å². The summed E-state index contributed by atoms with van der Waals surface area (Å²) in [6, 6.07) is 1.26. The van der Waals surface area contributed by atoms with Crippen LogP contribution in [0.2, 0.25) is 0 Å². The Balaban J connectivity index is 1.68. The van der Waals surface area contributed by atoms with E-state index >= 15 is 0 Å². The van der Waals surface area contributed by atoms with E-state index in [-0.39, 0.29) is 11.9 Å². The smallest absolute Gasteiger partial charge is 0.308 e. The van der Waals surface area contributed by atoms with Gasteiger partial charge in [-0.15, -0.1) is 0 Å². The Kier molecular flexibility index (Phi) is 5.01. The first-order valence-corrected chi connectivity index (χ1v) is 7.30. The summed E-state index contributed by atoms with van der Waals surface area (Å²) in [7, 11) is 2.18. The molecule has 0 aromatic rings. The van der Waals surface area contributed by atoms with E-state index in [0.717, 1.165) is 32.2 Å². The fourth-order valence-electron chi connectivity index (χ4n) is 3.16. The summed E-state index contributed by atoms with van der Waals surface area (Å²) in [5.74, 6) is 0.158. The van der Waals surface area contributed by atoms with Gasteiger partial charge in [0.25, 0.3) is 0 Å². The Morgan fingerprint density at radius 2 is 1.94 bits per heavy atom. The normalized spacial score (nSPS) is 33.6. The molecule has 104 valence electrons. The maximum absolute atomic E-state index is 11.6. The molecule has 1 aliphatic carbocycles. The van der Waals surface area contributed by atoms with Crippen molar-refractivity contribution in [2.24, 2.45) is 5.92 Å². The van der Waals surface area contributed by atoms with Crippen molar-refractivity contribution in [3.8, 4) is 0 Å². The van der Waals surface area contributed by atoms with E-state index in [9.17, 15) is 4.79 Å². The monoisotopic (exact) mass is 254 g/mol. The zero-order valence-electron chi connectivity index (χ0n) is 11.7. The highest BCUT2D eigenvalue weighted by Gasteiger charge is 2.29. The van der Waals surface area contributed by atoms with Crippen LogP contribution in [0.1, 0.15) is 39.0 Å². The van der Waals surface area contributed by atoms with Crippen LogP contribution in [-0.2, 0) is 9.53 Å². The average Bonchev–Trinajstić information content (AvgIpc) is 2.76. The summed E-state index contributed by atoms with van der Waals surface area (Å²) in [5, 5.41) is 3.75.